The Balaban J connectivity index is 2.49. The molecule has 3 amide bonds. The van der Waals surface area contributed by atoms with Crippen LogP contribution in [0.15, 0.2) is 6.20 Å². The first-order valence-corrected chi connectivity index (χ1v) is 6.30. The van der Waals surface area contributed by atoms with E-state index >= 15 is 0 Å². The van der Waals surface area contributed by atoms with Crippen LogP contribution in [0.3, 0.4) is 0 Å². The predicted molar refractivity (Wildman–Crippen MR) is 69.1 cm³/mol. The topological polar surface area (TPSA) is 115 Å². The highest BCUT2D eigenvalue weighted by Crippen LogP contribution is 2.11. The van der Waals surface area contributed by atoms with Gasteiger partial charge in [-0.3, -0.25) is 10.1 Å². The van der Waals surface area contributed by atoms with Gasteiger partial charge in [0.05, 0.1) is 17.9 Å². The second kappa shape index (κ2) is 7.47. The van der Waals surface area contributed by atoms with Gasteiger partial charge in [-0.15, -0.1) is 5.10 Å². The molecule has 1 heterocycles. The number of hydrogen-bond donors (Lipinski definition) is 3. The molecule has 0 aromatic carbocycles. The predicted octanol–water partition coefficient (Wildman–Crippen LogP) is -0.0763. The second-order valence-electron chi connectivity index (χ2n) is 4.14. The van der Waals surface area contributed by atoms with Gasteiger partial charge in [0.15, 0.2) is 0 Å². The quantitative estimate of drug-likeness (QED) is 0.667. The molecule has 1 rings (SSSR count). The first-order valence-electron chi connectivity index (χ1n) is 6.30. The molecule has 0 spiro atoms. The molecule has 1 unspecified atom stereocenters. The number of hydrogen-bond acceptors (Lipinski definition) is 5. The minimum atomic E-state index is -0.518. The standard InChI is InChI=1S/C11H20N6O2/c1-3-5-8(12)9-6-17(16-15-9)7-10(18)14-11(19)13-4-2/h6,8H,3-5,7,12H2,1-2H3,(H2,13,14,18,19). The Morgan fingerprint density at radius 2 is 2.21 bits per heavy atom. The monoisotopic (exact) mass is 268 g/mol. The van der Waals surface area contributed by atoms with Gasteiger partial charge in [-0.1, -0.05) is 18.6 Å². The van der Waals surface area contributed by atoms with Gasteiger partial charge in [0, 0.05) is 6.54 Å². The van der Waals surface area contributed by atoms with Crippen LogP contribution < -0.4 is 16.4 Å². The van der Waals surface area contributed by atoms with Gasteiger partial charge < -0.3 is 11.1 Å². The van der Waals surface area contributed by atoms with Crippen molar-refractivity contribution in [1.29, 1.82) is 0 Å². The zero-order valence-corrected chi connectivity index (χ0v) is 11.2. The zero-order valence-electron chi connectivity index (χ0n) is 11.2. The Morgan fingerprint density at radius 1 is 1.47 bits per heavy atom. The molecule has 4 N–H and O–H groups in total. The van der Waals surface area contributed by atoms with E-state index in [0.29, 0.717) is 12.2 Å². The molecule has 0 bridgehead atoms. The van der Waals surface area contributed by atoms with Gasteiger partial charge in [-0.25, -0.2) is 9.48 Å². The van der Waals surface area contributed by atoms with E-state index in [1.165, 1.54) is 4.68 Å². The van der Waals surface area contributed by atoms with Crippen LogP contribution in [0.4, 0.5) is 4.79 Å². The number of rotatable bonds is 6. The molecule has 1 aromatic rings. The van der Waals surface area contributed by atoms with Crippen LogP contribution >= 0.6 is 0 Å². The summed E-state index contributed by atoms with van der Waals surface area (Å²) in [5.41, 5.74) is 6.54. The lowest BCUT2D eigenvalue weighted by Gasteiger charge is -2.05. The van der Waals surface area contributed by atoms with Gasteiger partial charge in [0.1, 0.15) is 6.54 Å². The molecule has 0 aliphatic rings. The third-order valence-corrected chi connectivity index (χ3v) is 2.43. The van der Waals surface area contributed by atoms with Gasteiger partial charge in [0.25, 0.3) is 0 Å². The van der Waals surface area contributed by atoms with Crippen LogP contribution in [0.1, 0.15) is 38.4 Å². The molecule has 8 heteroatoms. The minimum Gasteiger partial charge on any atom is -0.338 e. The lowest BCUT2D eigenvalue weighted by Crippen LogP contribution is -2.40. The van der Waals surface area contributed by atoms with Crippen molar-refractivity contribution in [3.05, 3.63) is 11.9 Å². The van der Waals surface area contributed by atoms with Crippen molar-refractivity contribution in [2.75, 3.05) is 6.54 Å². The maximum atomic E-state index is 11.5. The summed E-state index contributed by atoms with van der Waals surface area (Å²) in [6.45, 7) is 4.19. The number of aromatic nitrogens is 3. The summed E-state index contributed by atoms with van der Waals surface area (Å²) in [6, 6.07) is -0.694. The zero-order chi connectivity index (χ0) is 14.3. The number of nitrogens with one attached hydrogen (secondary N) is 2. The van der Waals surface area contributed by atoms with Gasteiger partial charge >= 0.3 is 6.03 Å². The number of carbonyl (C=O) groups is 2. The summed E-state index contributed by atoms with van der Waals surface area (Å²) < 4.78 is 1.36. The molecule has 106 valence electrons. The molecular weight excluding hydrogens is 248 g/mol. The fourth-order valence-corrected chi connectivity index (χ4v) is 1.54. The number of urea groups is 1. The highest BCUT2D eigenvalue weighted by atomic mass is 16.2. The van der Waals surface area contributed by atoms with Crippen molar-refractivity contribution in [2.45, 2.75) is 39.3 Å². The van der Waals surface area contributed by atoms with Crippen molar-refractivity contribution in [2.24, 2.45) is 5.73 Å². The lowest BCUT2D eigenvalue weighted by atomic mass is 10.1. The van der Waals surface area contributed by atoms with E-state index in [4.69, 9.17) is 5.73 Å². The fourth-order valence-electron chi connectivity index (χ4n) is 1.54. The highest BCUT2D eigenvalue weighted by Gasteiger charge is 2.12. The average molecular weight is 268 g/mol. The molecule has 1 aromatic heterocycles. The van der Waals surface area contributed by atoms with Crippen LogP contribution in [0.5, 0.6) is 0 Å². The number of carbonyl (C=O) groups excluding carboxylic acids is 2. The van der Waals surface area contributed by atoms with E-state index in [-0.39, 0.29) is 12.6 Å². The third kappa shape index (κ3) is 5.04. The van der Waals surface area contributed by atoms with E-state index in [2.05, 4.69) is 20.9 Å². The Morgan fingerprint density at radius 3 is 2.84 bits per heavy atom. The normalized spacial score (nSPS) is 11.9. The smallest absolute Gasteiger partial charge is 0.321 e. The number of imide groups is 1. The summed E-state index contributed by atoms with van der Waals surface area (Å²) in [7, 11) is 0. The molecule has 0 fully saturated rings. The third-order valence-electron chi connectivity index (χ3n) is 2.43. The first kappa shape index (κ1) is 15.1. The summed E-state index contributed by atoms with van der Waals surface area (Å²) in [4.78, 5) is 22.6. The SMILES string of the molecule is CCCC(N)c1cn(CC(=O)NC(=O)NCC)nn1. The summed E-state index contributed by atoms with van der Waals surface area (Å²) in [6.07, 6.45) is 3.38. The van der Waals surface area contributed by atoms with E-state index in [1.54, 1.807) is 13.1 Å². The van der Waals surface area contributed by atoms with E-state index in [9.17, 15) is 9.59 Å². The Bertz CT molecular complexity index is 431. The van der Waals surface area contributed by atoms with Gasteiger partial charge in [-0.05, 0) is 13.3 Å². The summed E-state index contributed by atoms with van der Waals surface area (Å²) in [5, 5.41) is 12.4. The minimum absolute atomic E-state index is 0.0665. The van der Waals surface area contributed by atoms with Crippen LogP contribution in [-0.4, -0.2) is 33.5 Å². The maximum absolute atomic E-state index is 11.5. The van der Waals surface area contributed by atoms with Crippen LogP contribution in [0.25, 0.3) is 0 Å². The molecule has 1 atom stereocenters. The molecule has 0 aliphatic heterocycles. The van der Waals surface area contributed by atoms with Crippen molar-refractivity contribution in [3.8, 4) is 0 Å². The molecule has 0 radical (unpaired) electrons. The Kier molecular flexibility index (Phi) is 5.94. The average Bonchev–Trinajstić information content (AvgIpc) is 2.77. The Labute approximate surface area is 111 Å². The Hall–Kier alpha value is -1.96. The molecule has 0 saturated heterocycles. The first-order chi connectivity index (χ1) is 9.06. The number of amides is 3. The number of nitrogens with two attached hydrogens (primary N) is 1. The van der Waals surface area contributed by atoms with Crippen molar-refractivity contribution < 1.29 is 9.59 Å². The molecule has 0 aliphatic carbocycles. The fraction of sp³-hybridized carbons (Fsp3) is 0.636. The van der Waals surface area contributed by atoms with E-state index in [0.717, 1.165) is 12.8 Å². The molecular formula is C11H20N6O2. The van der Waals surface area contributed by atoms with Gasteiger partial charge in [-0.2, -0.15) is 0 Å². The highest BCUT2D eigenvalue weighted by molar-refractivity contribution is 5.94. The van der Waals surface area contributed by atoms with Crippen molar-refractivity contribution in [3.63, 3.8) is 0 Å². The summed E-state index contributed by atoms with van der Waals surface area (Å²) >= 11 is 0. The van der Waals surface area contributed by atoms with Crippen molar-refractivity contribution in [1.82, 2.24) is 25.6 Å². The van der Waals surface area contributed by atoms with Gasteiger partial charge in [0.2, 0.25) is 5.91 Å². The lowest BCUT2D eigenvalue weighted by molar-refractivity contribution is -0.120. The number of nitrogens with zero attached hydrogens (tertiary/aromatic N) is 3. The molecule has 0 saturated carbocycles. The second-order valence-corrected chi connectivity index (χ2v) is 4.14. The van der Waals surface area contributed by atoms with E-state index < -0.39 is 11.9 Å². The van der Waals surface area contributed by atoms with Crippen molar-refractivity contribution >= 4 is 11.9 Å². The molecule has 19 heavy (non-hydrogen) atoms. The van der Waals surface area contributed by atoms with E-state index in [1.807, 2.05) is 6.92 Å². The largest absolute Gasteiger partial charge is 0.338 e. The van der Waals surface area contributed by atoms with Crippen LogP contribution in [0, 0.1) is 0 Å². The summed E-state index contributed by atoms with van der Waals surface area (Å²) in [5.74, 6) is -0.452. The van der Waals surface area contributed by atoms with Crippen LogP contribution in [0.2, 0.25) is 0 Å². The molecule has 8 nitrogen and oxygen atoms in total. The van der Waals surface area contributed by atoms with Crippen LogP contribution in [-0.2, 0) is 11.3 Å². The maximum Gasteiger partial charge on any atom is 0.321 e.